The fourth-order valence-corrected chi connectivity index (χ4v) is 2.17. The number of allylic oxidation sites excluding steroid dienone is 3. The van der Waals surface area contributed by atoms with Crippen LogP contribution < -0.4 is 11.1 Å². The highest BCUT2D eigenvalue weighted by Gasteiger charge is 2.14. The second kappa shape index (κ2) is 10.8. The summed E-state index contributed by atoms with van der Waals surface area (Å²) in [5, 5.41) is 12.0. The van der Waals surface area contributed by atoms with Gasteiger partial charge in [0.15, 0.2) is 0 Å². The van der Waals surface area contributed by atoms with E-state index < -0.39 is 17.3 Å². The van der Waals surface area contributed by atoms with Crippen LogP contribution in [0.25, 0.3) is 5.57 Å². The zero-order valence-electron chi connectivity index (χ0n) is 16.1. The van der Waals surface area contributed by atoms with E-state index in [-0.39, 0.29) is 5.69 Å². The number of halogens is 1. The number of hydrogen-bond donors (Lipinski definition) is 3. The molecule has 0 radical (unpaired) electrons. The summed E-state index contributed by atoms with van der Waals surface area (Å²) in [6, 6.07) is 9.63. The van der Waals surface area contributed by atoms with Gasteiger partial charge in [0, 0.05) is 5.69 Å². The lowest BCUT2D eigenvalue weighted by Gasteiger charge is -2.12. The van der Waals surface area contributed by atoms with Crippen LogP contribution in [0.4, 0.5) is 21.5 Å². The lowest BCUT2D eigenvalue weighted by atomic mass is 10.1. The predicted octanol–water partition coefficient (Wildman–Crippen LogP) is 6.25. The van der Waals surface area contributed by atoms with E-state index in [0.717, 1.165) is 23.6 Å². The molecule has 0 saturated carbocycles. The number of anilines is 3. The maximum atomic E-state index is 13.6. The molecule has 27 heavy (non-hydrogen) atoms. The van der Waals surface area contributed by atoms with Crippen molar-refractivity contribution in [2.75, 3.05) is 11.1 Å². The molecular formula is C22H27FN2O2. The van der Waals surface area contributed by atoms with Gasteiger partial charge in [-0.3, -0.25) is 0 Å². The Morgan fingerprint density at radius 1 is 1.26 bits per heavy atom. The summed E-state index contributed by atoms with van der Waals surface area (Å²) in [4.78, 5) is 11.1. The Bertz CT molecular complexity index is 829. The first kappa shape index (κ1) is 22.0. The molecule has 0 atom stereocenters. The maximum Gasteiger partial charge on any atom is 0.338 e. The molecule has 0 aliphatic carbocycles. The number of nitrogens with two attached hydrogens (primary N) is 1. The third-order valence-electron chi connectivity index (χ3n) is 3.44. The van der Waals surface area contributed by atoms with Gasteiger partial charge >= 0.3 is 5.97 Å². The van der Waals surface area contributed by atoms with Gasteiger partial charge < -0.3 is 16.2 Å². The predicted molar refractivity (Wildman–Crippen MR) is 112 cm³/mol. The maximum absolute atomic E-state index is 13.6. The van der Waals surface area contributed by atoms with Crippen molar-refractivity contribution >= 4 is 28.6 Å². The van der Waals surface area contributed by atoms with Crippen LogP contribution in [0.15, 0.2) is 55.1 Å². The standard InChI is InChI=1S/C19H19FN2O2.C3H8/c1-3-4-6-12(2)13-7-5-8-14(9-13)22-18-10-15(19(23)24)16(20)11-17(18)21;1-3-2/h4-11,22H,2-3,21H2,1H3,(H,23,24);3H2,1-2H3/b6-4-;. The second-order valence-corrected chi connectivity index (χ2v) is 5.97. The van der Waals surface area contributed by atoms with E-state index >= 15 is 0 Å². The van der Waals surface area contributed by atoms with Crippen molar-refractivity contribution in [3.63, 3.8) is 0 Å². The van der Waals surface area contributed by atoms with Crippen LogP contribution >= 0.6 is 0 Å². The minimum atomic E-state index is -1.35. The lowest BCUT2D eigenvalue weighted by Crippen LogP contribution is -2.05. The molecule has 0 spiro atoms. The van der Waals surface area contributed by atoms with Gasteiger partial charge in [-0.15, -0.1) is 0 Å². The Morgan fingerprint density at radius 2 is 1.93 bits per heavy atom. The molecule has 0 bridgehead atoms. The highest BCUT2D eigenvalue weighted by molar-refractivity contribution is 5.91. The summed E-state index contributed by atoms with van der Waals surface area (Å²) >= 11 is 0. The summed E-state index contributed by atoms with van der Waals surface area (Å²) in [5.41, 5.74) is 8.29. The Kier molecular flexibility index (Phi) is 8.79. The number of carboxylic acids is 1. The third-order valence-corrected chi connectivity index (χ3v) is 3.44. The van der Waals surface area contributed by atoms with Crippen LogP contribution in [0.1, 0.15) is 49.5 Å². The molecular weight excluding hydrogens is 343 g/mol. The van der Waals surface area contributed by atoms with E-state index in [4.69, 9.17) is 10.8 Å². The molecule has 4 N–H and O–H groups in total. The minimum Gasteiger partial charge on any atom is -0.478 e. The number of rotatable bonds is 6. The number of hydrogen-bond acceptors (Lipinski definition) is 3. The summed E-state index contributed by atoms with van der Waals surface area (Å²) in [6.45, 7) is 10.3. The average Bonchev–Trinajstić information content (AvgIpc) is 2.62. The zero-order valence-corrected chi connectivity index (χ0v) is 16.1. The van der Waals surface area contributed by atoms with Gasteiger partial charge in [0.25, 0.3) is 0 Å². The van der Waals surface area contributed by atoms with E-state index in [1.54, 1.807) is 0 Å². The quantitative estimate of drug-likeness (QED) is 0.415. The summed E-state index contributed by atoms with van der Waals surface area (Å²) in [6.07, 6.45) is 6.12. The molecule has 2 rings (SSSR count). The van der Waals surface area contributed by atoms with Gasteiger partial charge in [-0.1, -0.05) is 58.1 Å². The number of nitrogen functional groups attached to an aromatic ring is 1. The molecule has 0 amide bonds. The van der Waals surface area contributed by atoms with Gasteiger partial charge in [0.05, 0.1) is 16.9 Å². The van der Waals surface area contributed by atoms with Gasteiger partial charge in [-0.25, -0.2) is 9.18 Å². The molecule has 0 fully saturated rings. The number of nitrogens with one attached hydrogen (secondary N) is 1. The van der Waals surface area contributed by atoms with Gasteiger partial charge in [-0.2, -0.15) is 0 Å². The van der Waals surface area contributed by atoms with E-state index in [0.29, 0.717) is 11.4 Å². The largest absolute Gasteiger partial charge is 0.478 e. The van der Waals surface area contributed by atoms with E-state index in [9.17, 15) is 9.18 Å². The fourth-order valence-electron chi connectivity index (χ4n) is 2.17. The molecule has 0 saturated heterocycles. The van der Waals surface area contributed by atoms with E-state index in [2.05, 4.69) is 25.7 Å². The molecule has 2 aromatic carbocycles. The Labute approximate surface area is 160 Å². The zero-order chi connectivity index (χ0) is 20.4. The number of benzene rings is 2. The third kappa shape index (κ3) is 6.62. The second-order valence-electron chi connectivity index (χ2n) is 5.97. The monoisotopic (exact) mass is 370 g/mol. The van der Waals surface area contributed by atoms with Crippen molar-refractivity contribution in [3.8, 4) is 0 Å². The highest BCUT2D eigenvalue weighted by atomic mass is 19.1. The molecule has 0 aromatic heterocycles. The first-order valence-electron chi connectivity index (χ1n) is 8.89. The van der Waals surface area contributed by atoms with Crippen LogP contribution in [0.2, 0.25) is 0 Å². The Morgan fingerprint density at radius 3 is 2.52 bits per heavy atom. The minimum absolute atomic E-state index is 0.132. The Balaban J connectivity index is 0.00000114. The van der Waals surface area contributed by atoms with Gasteiger partial charge in [0.1, 0.15) is 5.82 Å². The van der Waals surface area contributed by atoms with Crippen molar-refractivity contribution in [3.05, 3.63) is 72.1 Å². The summed E-state index contributed by atoms with van der Waals surface area (Å²) in [7, 11) is 0. The van der Waals surface area contributed by atoms with Gasteiger partial charge in [-0.05, 0) is 41.8 Å². The SMILES string of the molecule is C=C(/C=C\CC)c1cccc(Nc2cc(C(=O)O)c(F)cc2N)c1.CCC. The van der Waals surface area contributed by atoms with Crippen LogP contribution in [-0.4, -0.2) is 11.1 Å². The fraction of sp³-hybridized carbons (Fsp3) is 0.227. The number of aromatic carboxylic acids is 1. The molecule has 0 aliphatic rings. The molecule has 5 heteroatoms. The normalized spacial score (nSPS) is 10.2. The van der Waals surface area contributed by atoms with Crippen LogP contribution in [-0.2, 0) is 0 Å². The van der Waals surface area contributed by atoms with Crippen molar-refractivity contribution in [1.82, 2.24) is 0 Å². The average molecular weight is 370 g/mol. The molecule has 0 unspecified atom stereocenters. The lowest BCUT2D eigenvalue weighted by molar-refractivity contribution is 0.0692. The topological polar surface area (TPSA) is 75.3 Å². The van der Waals surface area contributed by atoms with E-state index in [1.165, 1.54) is 12.5 Å². The van der Waals surface area contributed by atoms with Crippen molar-refractivity contribution in [2.45, 2.75) is 33.6 Å². The molecule has 0 aliphatic heterocycles. The highest BCUT2D eigenvalue weighted by Crippen LogP contribution is 2.28. The Hall–Kier alpha value is -3.08. The van der Waals surface area contributed by atoms with E-state index in [1.807, 2.05) is 43.3 Å². The molecule has 2 aromatic rings. The first-order valence-corrected chi connectivity index (χ1v) is 8.89. The summed E-state index contributed by atoms with van der Waals surface area (Å²) in [5.74, 6) is -2.21. The van der Waals surface area contributed by atoms with Crippen LogP contribution in [0.5, 0.6) is 0 Å². The van der Waals surface area contributed by atoms with Gasteiger partial charge in [0.2, 0.25) is 0 Å². The number of carbonyl (C=O) groups is 1. The first-order chi connectivity index (χ1) is 12.8. The van der Waals surface area contributed by atoms with Crippen molar-refractivity contribution < 1.29 is 14.3 Å². The molecule has 144 valence electrons. The smallest absolute Gasteiger partial charge is 0.338 e. The van der Waals surface area contributed by atoms with Crippen molar-refractivity contribution in [1.29, 1.82) is 0 Å². The summed E-state index contributed by atoms with van der Waals surface area (Å²) < 4.78 is 13.6. The van der Waals surface area contributed by atoms with Crippen LogP contribution in [0, 0.1) is 5.82 Å². The van der Waals surface area contributed by atoms with Crippen molar-refractivity contribution in [2.24, 2.45) is 0 Å². The number of carboxylic acid groups (broad SMARTS) is 1. The van der Waals surface area contributed by atoms with Crippen LogP contribution in [0.3, 0.4) is 0 Å². The molecule has 4 nitrogen and oxygen atoms in total. The molecule has 0 heterocycles.